The van der Waals surface area contributed by atoms with Crippen molar-refractivity contribution in [2.75, 3.05) is 5.01 Å². The number of amides is 2. The molecule has 96 valence electrons. The molecule has 0 unspecified atom stereocenters. The summed E-state index contributed by atoms with van der Waals surface area (Å²) in [5.41, 5.74) is 3.51. The first-order chi connectivity index (χ1) is 9.20. The zero-order valence-electron chi connectivity index (χ0n) is 9.92. The van der Waals surface area contributed by atoms with Crippen molar-refractivity contribution in [3.05, 3.63) is 65.2 Å². The van der Waals surface area contributed by atoms with E-state index in [2.05, 4.69) is 5.43 Å². The summed E-state index contributed by atoms with van der Waals surface area (Å²) < 4.78 is 0. The zero-order valence-corrected chi connectivity index (χ0v) is 10.7. The Morgan fingerprint density at radius 2 is 1.68 bits per heavy atom. The van der Waals surface area contributed by atoms with Crippen LogP contribution in [0.1, 0.15) is 10.4 Å². The van der Waals surface area contributed by atoms with E-state index < -0.39 is 0 Å². The summed E-state index contributed by atoms with van der Waals surface area (Å²) in [6, 6.07) is 15.2. The average Bonchev–Trinajstić information content (AvgIpc) is 2.46. The predicted molar refractivity (Wildman–Crippen MR) is 73.9 cm³/mol. The predicted octanol–water partition coefficient (Wildman–Crippen LogP) is 2.65. The molecular weight excluding hydrogens is 264 g/mol. The Balaban J connectivity index is 2.14. The summed E-state index contributed by atoms with van der Waals surface area (Å²) in [6.07, 6.45) is 0.532. The smallest absolute Gasteiger partial charge is 0.270 e. The molecule has 2 aromatic carbocycles. The van der Waals surface area contributed by atoms with Crippen LogP contribution >= 0.6 is 11.6 Å². The van der Waals surface area contributed by atoms with Crippen LogP contribution in [0.2, 0.25) is 5.02 Å². The van der Waals surface area contributed by atoms with E-state index in [1.165, 1.54) is 0 Å². The van der Waals surface area contributed by atoms with Crippen LogP contribution in [0.15, 0.2) is 54.6 Å². The number of rotatable bonds is 4. The Bertz CT molecular complexity index is 570. The fourth-order valence-electron chi connectivity index (χ4n) is 1.52. The van der Waals surface area contributed by atoms with Crippen LogP contribution in [-0.2, 0) is 4.79 Å². The highest BCUT2D eigenvalue weighted by Crippen LogP contribution is 2.15. The number of nitrogens with zero attached hydrogens (tertiary/aromatic N) is 1. The lowest BCUT2D eigenvalue weighted by molar-refractivity contribution is -0.107. The van der Waals surface area contributed by atoms with Gasteiger partial charge in [0.2, 0.25) is 6.41 Å². The standard InChI is InChI=1S/C14H11ClN2O2/c15-12-6-8-13(9-7-12)17(10-18)16-14(19)11-4-2-1-3-5-11/h1-10H,(H,16,19). The van der Waals surface area contributed by atoms with Crippen LogP contribution in [0, 0.1) is 0 Å². The third-order valence-corrected chi connectivity index (χ3v) is 2.72. The molecule has 0 radical (unpaired) electrons. The van der Waals surface area contributed by atoms with Gasteiger partial charge in [-0.1, -0.05) is 29.8 Å². The Labute approximate surface area is 115 Å². The summed E-state index contributed by atoms with van der Waals surface area (Å²) in [5.74, 6) is -0.359. The largest absolute Gasteiger partial charge is 0.276 e. The number of hydrogen-bond donors (Lipinski definition) is 1. The minimum atomic E-state index is -0.359. The van der Waals surface area contributed by atoms with Crippen molar-refractivity contribution in [1.82, 2.24) is 5.43 Å². The first-order valence-electron chi connectivity index (χ1n) is 5.57. The van der Waals surface area contributed by atoms with Gasteiger partial charge in [-0.25, -0.2) is 5.01 Å². The number of carbonyl (C=O) groups is 2. The number of hydrogen-bond acceptors (Lipinski definition) is 2. The molecular formula is C14H11ClN2O2. The van der Waals surface area contributed by atoms with E-state index in [0.717, 1.165) is 5.01 Å². The lowest BCUT2D eigenvalue weighted by Crippen LogP contribution is -2.41. The first-order valence-corrected chi connectivity index (χ1v) is 5.94. The summed E-state index contributed by atoms with van der Waals surface area (Å²) in [7, 11) is 0. The summed E-state index contributed by atoms with van der Waals surface area (Å²) in [5, 5.41) is 1.66. The normalized spacial score (nSPS) is 9.74. The SMILES string of the molecule is O=CN(NC(=O)c1ccccc1)c1ccc(Cl)cc1. The van der Waals surface area contributed by atoms with Crippen molar-refractivity contribution in [2.24, 2.45) is 0 Å². The van der Waals surface area contributed by atoms with Crippen molar-refractivity contribution >= 4 is 29.6 Å². The van der Waals surface area contributed by atoms with E-state index in [-0.39, 0.29) is 5.91 Å². The molecule has 0 fully saturated rings. The number of anilines is 1. The number of nitrogens with one attached hydrogen (secondary N) is 1. The van der Waals surface area contributed by atoms with Crippen molar-refractivity contribution in [3.63, 3.8) is 0 Å². The molecule has 5 heteroatoms. The lowest BCUT2D eigenvalue weighted by atomic mass is 10.2. The molecule has 0 aliphatic carbocycles. The summed E-state index contributed by atoms with van der Waals surface area (Å²) >= 11 is 5.77. The molecule has 0 heterocycles. The van der Waals surface area contributed by atoms with Crippen LogP contribution in [0.4, 0.5) is 5.69 Å². The van der Waals surface area contributed by atoms with Crippen molar-refractivity contribution < 1.29 is 9.59 Å². The molecule has 1 N–H and O–H groups in total. The van der Waals surface area contributed by atoms with Gasteiger partial charge in [-0.3, -0.25) is 15.0 Å². The van der Waals surface area contributed by atoms with Gasteiger partial charge in [0.05, 0.1) is 5.69 Å². The molecule has 0 saturated carbocycles. The zero-order chi connectivity index (χ0) is 13.7. The number of hydrazine groups is 1. The highest BCUT2D eigenvalue weighted by atomic mass is 35.5. The van der Waals surface area contributed by atoms with Crippen LogP contribution in [0.25, 0.3) is 0 Å². The molecule has 4 nitrogen and oxygen atoms in total. The molecule has 0 aromatic heterocycles. The van der Waals surface area contributed by atoms with Gasteiger partial charge in [0, 0.05) is 10.6 Å². The molecule has 0 spiro atoms. The average molecular weight is 275 g/mol. The van der Waals surface area contributed by atoms with E-state index >= 15 is 0 Å². The van der Waals surface area contributed by atoms with Gasteiger partial charge < -0.3 is 0 Å². The van der Waals surface area contributed by atoms with Crippen LogP contribution in [0.3, 0.4) is 0 Å². The monoisotopic (exact) mass is 274 g/mol. The van der Waals surface area contributed by atoms with Gasteiger partial charge >= 0.3 is 0 Å². The van der Waals surface area contributed by atoms with Gasteiger partial charge in [0.15, 0.2) is 0 Å². The fraction of sp³-hybridized carbons (Fsp3) is 0. The molecule has 0 aliphatic rings. The third-order valence-electron chi connectivity index (χ3n) is 2.47. The van der Waals surface area contributed by atoms with E-state index in [0.29, 0.717) is 22.7 Å². The number of halogens is 1. The van der Waals surface area contributed by atoms with Crippen LogP contribution in [-0.4, -0.2) is 12.3 Å². The Hall–Kier alpha value is -2.33. The molecule has 2 rings (SSSR count). The maximum atomic E-state index is 11.9. The molecule has 2 aromatic rings. The van der Waals surface area contributed by atoms with E-state index in [9.17, 15) is 9.59 Å². The van der Waals surface area contributed by atoms with Gasteiger partial charge in [0.1, 0.15) is 0 Å². The number of benzene rings is 2. The minimum absolute atomic E-state index is 0.359. The maximum absolute atomic E-state index is 11.9. The molecule has 2 amide bonds. The third kappa shape index (κ3) is 3.33. The minimum Gasteiger partial charge on any atom is -0.276 e. The van der Waals surface area contributed by atoms with Crippen molar-refractivity contribution in [3.8, 4) is 0 Å². The van der Waals surface area contributed by atoms with Gasteiger partial charge in [-0.05, 0) is 36.4 Å². The highest BCUT2D eigenvalue weighted by Gasteiger charge is 2.10. The van der Waals surface area contributed by atoms with Gasteiger partial charge in [-0.2, -0.15) is 0 Å². The summed E-state index contributed by atoms with van der Waals surface area (Å²) in [6.45, 7) is 0. The molecule has 0 atom stereocenters. The van der Waals surface area contributed by atoms with E-state index in [1.807, 2.05) is 6.07 Å². The van der Waals surface area contributed by atoms with Crippen molar-refractivity contribution in [1.29, 1.82) is 0 Å². The molecule has 0 aliphatic heterocycles. The summed E-state index contributed by atoms with van der Waals surface area (Å²) in [4.78, 5) is 23.0. The second-order valence-corrected chi connectivity index (χ2v) is 4.20. The molecule has 0 saturated heterocycles. The quantitative estimate of drug-likeness (QED) is 0.688. The van der Waals surface area contributed by atoms with E-state index in [4.69, 9.17) is 11.6 Å². The Kier molecular flexibility index (Phi) is 4.15. The topological polar surface area (TPSA) is 49.4 Å². The van der Waals surface area contributed by atoms with Gasteiger partial charge in [0.25, 0.3) is 5.91 Å². The lowest BCUT2D eigenvalue weighted by Gasteiger charge is -2.18. The van der Waals surface area contributed by atoms with Crippen LogP contribution in [0.5, 0.6) is 0 Å². The van der Waals surface area contributed by atoms with Crippen molar-refractivity contribution in [2.45, 2.75) is 0 Å². The maximum Gasteiger partial charge on any atom is 0.270 e. The second kappa shape index (κ2) is 6.02. The van der Waals surface area contributed by atoms with Gasteiger partial charge in [-0.15, -0.1) is 0 Å². The Morgan fingerprint density at radius 1 is 1.05 bits per heavy atom. The van der Waals surface area contributed by atoms with E-state index in [1.54, 1.807) is 48.5 Å². The second-order valence-electron chi connectivity index (χ2n) is 3.76. The fourth-order valence-corrected chi connectivity index (χ4v) is 1.64. The first kappa shape index (κ1) is 13.1. The Morgan fingerprint density at radius 3 is 2.26 bits per heavy atom. The highest BCUT2D eigenvalue weighted by molar-refractivity contribution is 6.30. The van der Waals surface area contributed by atoms with Crippen LogP contribution < -0.4 is 10.4 Å². The molecule has 0 bridgehead atoms. The molecule has 19 heavy (non-hydrogen) atoms. The number of carbonyl (C=O) groups excluding carboxylic acids is 2.